The summed E-state index contributed by atoms with van der Waals surface area (Å²) in [5.41, 5.74) is -0.164. The van der Waals surface area contributed by atoms with Gasteiger partial charge in [-0.1, -0.05) is 16.8 Å². The first-order chi connectivity index (χ1) is 17.6. The number of aromatic nitrogens is 3. The lowest BCUT2D eigenvalue weighted by molar-refractivity contribution is -0.387. The van der Waals surface area contributed by atoms with E-state index in [1.165, 1.54) is 17.8 Å². The van der Waals surface area contributed by atoms with Gasteiger partial charge < -0.3 is 20.2 Å². The summed E-state index contributed by atoms with van der Waals surface area (Å²) in [6.07, 6.45) is 2.11. The molecule has 2 N–H and O–H groups in total. The fourth-order valence-corrected chi connectivity index (χ4v) is 4.28. The SMILES string of the molecule is Cc1c(F)c([N+](=O)[O-])cc(C(=O)Nc2cc(-n3cc(C(=O)O)nn3)ccc2N2CCCN(C)CC2)c1Cl. The summed E-state index contributed by atoms with van der Waals surface area (Å²) in [4.78, 5) is 39.2. The van der Waals surface area contributed by atoms with Gasteiger partial charge in [0.1, 0.15) is 0 Å². The topological polar surface area (TPSA) is 147 Å². The Kier molecular flexibility index (Phi) is 7.36. The Hall–Kier alpha value is -4.10. The molecule has 4 rings (SSSR count). The number of benzene rings is 2. The van der Waals surface area contributed by atoms with Crippen LogP contribution >= 0.6 is 11.6 Å². The summed E-state index contributed by atoms with van der Waals surface area (Å²) in [7, 11) is 2.02. The van der Waals surface area contributed by atoms with Crippen molar-refractivity contribution in [3.05, 3.63) is 68.2 Å². The lowest BCUT2D eigenvalue weighted by Gasteiger charge is -2.26. The van der Waals surface area contributed by atoms with Crippen molar-refractivity contribution < 1.29 is 24.0 Å². The maximum absolute atomic E-state index is 14.3. The van der Waals surface area contributed by atoms with E-state index in [-0.39, 0.29) is 21.8 Å². The Balaban J connectivity index is 1.76. The molecule has 0 unspecified atom stereocenters. The van der Waals surface area contributed by atoms with E-state index in [1.54, 1.807) is 18.2 Å². The maximum atomic E-state index is 14.3. The van der Waals surface area contributed by atoms with Crippen LogP contribution in [0.15, 0.2) is 30.5 Å². The predicted molar refractivity (Wildman–Crippen MR) is 133 cm³/mol. The van der Waals surface area contributed by atoms with E-state index in [0.29, 0.717) is 30.2 Å². The normalized spacial score (nSPS) is 14.3. The van der Waals surface area contributed by atoms with Gasteiger partial charge in [-0.2, -0.15) is 4.39 Å². The largest absolute Gasteiger partial charge is 0.476 e. The number of aromatic carboxylic acids is 1. The second-order valence-corrected chi connectivity index (χ2v) is 8.98. The van der Waals surface area contributed by atoms with E-state index in [9.17, 15) is 24.1 Å². The molecule has 0 saturated carbocycles. The fourth-order valence-electron chi connectivity index (χ4n) is 4.06. The van der Waals surface area contributed by atoms with Gasteiger partial charge in [0.15, 0.2) is 5.69 Å². The molecular formula is C23H23ClFN7O5. The summed E-state index contributed by atoms with van der Waals surface area (Å²) < 4.78 is 15.6. The molecule has 0 radical (unpaired) electrons. The molecule has 1 aliphatic heterocycles. The Bertz CT molecular complexity index is 1400. The van der Waals surface area contributed by atoms with Crippen LogP contribution in [-0.2, 0) is 0 Å². The van der Waals surface area contributed by atoms with E-state index in [0.717, 1.165) is 25.6 Å². The highest BCUT2D eigenvalue weighted by atomic mass is 35.5. The summed E-state index contributed by atoms with van der Waals surface area (Å²) >= 11 is 6.20. The standard InChI is InChI=1S/C23H23ClFN7O5/c1-13-20(24)15(11-19(21(13)25)32(36)37)22(33)26-16-10-14(31-12-17(23(34)35)27-28-31)4-5-18(16)30-7-3-6-29(2)8-9-30/h4-5,10-12H,3,6-9H2,1-2H3,(H,26,33)(H,34,35). The van der Waals surface area contributed by atoms with E-state index in [2.05, 4.69) is 25.4 Å². The van der Waals surface area contributed by atoms with Crippen molar-refractivity contribution in [2.45, 2.75) is 13.3 Å². The van der Waals surface area contributed by atoms with Gasteiger partial charge in [0, 0.05) is 31.3 Å². The van der Waals surface area contributed by atoms with E-state index in [4.69, 9.17) is 16.7 Å². The number of nitrogens with zero attached hydrogens (tertiary/aromatic N) is 6. The fraction of sp³-hybridized carbons (Fsp3) is 0.304. The Morgan fingerprint density at radius 2 is 1.97 bits per heavy atom. The van der Waals surface area contributed by atoms with Gasteiger partial charge in [0.05, 0.1) is 38.8 Å². The number of nitro groups is 1. The number of halogens is 2. The molecule has 2 aromatic carbocycles. The minimum atomic E-state index is -1.24. The van der Waals surface area contributed by atoms with Crippen molar-refractivity contribution in [1.29, 1.82) is 0 Å². The summed E-state index contributed by atoms with van der Waals surface area (Å²) in [6, 6.07) is 5.86. The summed E-state index contributed by atoms with van der Waals surface area (Å²) in [5, 5.41) is 30.4. The number of nitrogens with one attached hydrogen (secondary N) is 1. The lowest BCUT2D eigenvalue weighted by atomic mass is 10.1. The third-order valence-electron chi connectivity index (χ3n) is 6.11. The molecule has 14 heteroatoms. The van der Waals surface area contributed by atoms with Gasteiger partial charge in [-0.15, -0.1) is 5.10 Å². The maximum Gasteiger partial charge on any atom is 0.358 e. The van der Waals surface area contributed by atoms with Gasteiger partial charge in [0.25, 0.3) is 5.91 Å². The van der Waals surface area contributed by atoms with Crippen LogP contribution in [0.25, 0.3) is 5.69 Å². The van der Waals surface area contributed by atoms with Gasteiger partial charge in [0.2, 0.25) is 5.82 Å². The van der Waals surface area contributed by atoms with Gasteiger partial charge in [-0.3, -0.25) is 14.9 Å². The molecule has 0 bridgehead atoms. The monoisotopic (exact) mass is 531 g/mol. The first-order valence-electron chi connectivity index (χ1n) is 11.2. The number of carbonyl (C=O) groups excluding carboxylic acids is 1. The second kappa shape index (κ2) is 10.5. The smallest absolute Gasteiger partial charge is 0.358 e. The number of likely N-dealkylation sites (N-methyl/N-ethyl adjacent to an activating group) is 1. The van der Waals surface area contributed by atoms with E-state index in [1.807, 2.05) is 7.05 Å². The number of hydrogen-bond acceptors (Lipinski definition) is 8. The molecule has 1 aliphatic rings. The van der Waals surface area contributed by atoms with Crippen molar-refractivity contribution in [2.75, 3.05) is 43.4 Å². The quantitative estimate of drug-likeness (QED) is 0.361. The third kappa shape index (κ3) is 5.37. The Morgan fingerprint density at radius 3 is 2.65 bits per heavy atom. The van der Waals surface area contributed by atoms with Gasteiger partial charge in [-0.25, -0.2) is 9.48 Å². The highest BCUT2D eigenvalue weighted by molar-refractivity contribution is 6.35. The zero-order valence-corrected chi connectivity index (χ0v) is 20.7. The van der Waals surface area contributed by atoms with Crippen LogP contribution < -0.4 is 10.2 Å². The molecule has 0 spiro atoms. The Labute approximate surface area is 215 Å². The van der Waals surface area contributed by atoms with Gasteiger partial charge >= 0.3 is 11.7 Å². The third-order valence-corrected chi connectivity index (χ3v) is 6.59. The molecule has 2 heterocycles. The van der Waals surface area contributed by atoms with E-state index >= 15 is 0 Å². The van der Waals surface area contributed by atoms with Crippen LogP contribution in [0.2, 0.25) is 5.02 Å². The van der Waals surface area contributed by atoms with E-state index < -0.39 is 28.3 Å². The van der Waals surface area contributed by atoms with Crippen molar-refractivity contribution >= 4 is 40.5 Å². The first-order valence-corrected chi connectivity index (χ1v) is 11.6. The van der Waals surface area contributed by atoms with Crippen LogP contribution in [0.4, 0.5) is 21.5 Å². The zero-order valence-electron chi connectivity index (χ0n) is 19.9. The van der Waals surface area contributed by atoms with Crippen molar-refractivity contribution in [3.63, 3.8) is 0 Å². The highest BCUT2D eigenvalue weighted by Crippen LogP contribution is 2.33. The molecule has 0 aliphatic carbocycles. The molecule has 12 nitrogen and oxygen atoms in total. The number of carbonyl (C=O) groups is 2. The number of carboxylic acid groups (broad SMARTS) is 1. The average molecular weight is 532 g/mol. The minimum Gasteiger partial charge on any atom is -0.476 e. The first kappa shape index (κ1) is 26.0. The van der Waals surface area contributed by atoms with Crippen LogP contribution in [0.3, 0.4) is 0 Å². The molecule has 194 valence electrons. The molecule has 1 amide bonds. The number of rotatable bonds is 6. The molecular weight excluding hydrogens is 509 g/mol. The minimum absolute atomic E-state index is 0.214. The van der Waals surface area contributed by atoms with Crippen LogP contribution in [0, 0.1) is 22.9 Å². The Morgan fingerprint density at radius 1 is 1.22 bits per heavy atom. The molecule has 3 aromatic rings. The number of nitro benzene ring substituents is 1. The summed E-state index contributed by atoms with van der Waals surface area (Å²) in [6.45, 7) is 4.33. The number of hydrogen-bond donors (Lipinski definition) is 2. The molecule has 1 saturated heterocycles. The van der Waals surface area contributed by atoms with Crippen molar-refractivity contribution in [1.82, 2.24) is 19.9 Å². The molecule has 37 heavy (non-hydrogen) atoms. The molecule has 1 fully saturated rings. The second-order valence-electron chi connectivity index (χ2n) is 8.61. The van der Waals surface area contributed by atoms with Gasteiger partial charge in [-0.05, 0) is 45.1 Å². The number of amides is 1. The van der Waals surface area contributed by atoms with Crippen LogP contribution in [-0.4, -0.2) is 75.0 Å². The number of carboxylic acids is 1. The van der Waals surface area contributed by atoms with Crippen molar-refractivity contribution in [2.24, 2.45) is 0 Å². The summed E-state index contributed by atoms with van der Waals surface area (Å²) in [5.74, 6) is -3.12. The zero-order chi connectivity index (χ0) is 26.9. The number of anilines is 2. The molecule has 1 aromatic heterocycles. The van der Waals surface area contributed by atoms with Crippen molar-refractivity contribution in [3.8, 4) is 5.69 Å². The molecule has 0 atom stereocenters. The van der Waals surface area contributed by atoms with Crippen LogP contribution in [0.5, 0.6) is 0 Å². The predicted octanol–water partition coefficient (Wildman–Crippen LogP) is 3.37. The average Bonchev–Trinajstić information content (AvgIpc) is 3.26. The highest BCUT2D eigenvalue weighted by Gasteiger charge is 2.26. The van der Waals surface area contributed by atoms with Crippen LogP contribution in [0.1, 0.15) is 32.8 Å². The lowest BCUT2D eigenvalue weighted by Crippen LogP contribution is -2.29.